The molecular formula is C9H11NO. The zero-order valence-electron chi connectivity index (χ0n) is 6.55. The Morgan fingerprint density at radius 3 is 2.82 bits per heavy atom. The summed E-state index contributed by atoms with van der Waals surface area (Å²) in [6, 6.07) is 0. The fourth-order valence-corrected chi connectivity index (χ4v) is 0.979. The van der Waals surface area contributed by atoms with Crippen LogP contribution in [0.15, 0.2) is 36.0 Å². The van der Waals surface area contributed by atoms with Crippen molar-refractivity contribution in [2.75, 3.05) is 6.54 Å². The molecule has 0 radical (unpaired) electrons. The normalized spacial score (nSPS) is 17.7. The lowest BCUT2D eigenvalue weighted by Crippen LogP contribution is -2.16. The molecule has 0 aliphatic carbocycles. The Morgan fingerprint density at radius 2 is 2.36 bits per heavy atom. The van der Waals surface area contributed by atoms with Crippen LogP contribution in [-0.4, -0.2) is 12.5 Å². The minimum absolute atomic E-state index is 0.0144. The molecule has 0 atom stereocenters. The predicted molar refractivity (Wildman–Crippen MR) is 45.0 cm³/mol. The molecule has 1 aliphatic rings. The maximum atomic E-state index is 11.0. The monoisotopic (exact) mass is 149 g/mol. The Hall–Kier alpha value is -1.31. The minimum atomic E-state index is 0.0144. The van der Waals surface area contributed by atoms with E-state index in [4.69, 9.17) is 0 Å². The molecule has 0 bridgehead atoms. The molecule has 2 heteroatoms. The van der Waals surface area contributed by atoms with Crippen LogP contribution in [0.4, 0.5) is 0 Å². The Morgan fingerprint density at radius 1 is 1.64 bits per heavy atom. The lowest BCUT2D eigenvalue weighted by molar-refractivity contribution is -0.116. The molecule has 1 N–H and O–H groups in total. The van der Waals surface area contributed by atoms with Crippen molar-refractivity contribution < 1.29 is 4.79 Å². The fourth-order valence-electron chi connectivity index (χ4n) is 0.979. The molecule has 0 aromatic heterocycles. The second-order valence-electron chi connectivity index (χ2n) is 2.47. The summed E-state index contributed by atoms with van der Waals surface area (Å²) in [7, 11) is 0. The van der Waals surface area contributed by atoms with E-state index in [9.17, 15) is 4.79 Å². The van der Waals surface area contributed by atoms with E-state index >= 15 is 0 Å². The summed E-state index contributed by atoms with van der Waals surface area (Å²) in [5, 5.41) is 2.73. The first-order valence-corrected chi connectivity index (χ1v) is 3.52. The van der Waals surface area contributed by atoms with Crippen molar-refractivity contribution in [1.82, 2.24) is 5.32 Å². The first-order valence-electron chi connectivity index (χ1n) is 3.52. The highest BCUT2D eigenvalue weighted by atomic mass is 16.1. The molecule has 58 valence electrons. The van der Waals surface area contributed by atoms with E-state index in [0.717, 1.165) is 11.1 Å². The Labute approximate surface area is 66.3 Å². The second kappa shape index (κ2) is 3.19. The van der Waals surface area contributed by atoms with Crippen molar-refractivity contribution in [3.05, 3.63) is 36.0 Å². The van der Waals surface area contributed by atoms with Crippen LogP contribution in [0.1, 0.15) is 6.92 Å². The zero-order valence-corrected chi connectivity index (χ0v) is 6.55. The van der Waals surface area contributed by atoms with Crippen molar-refractivity contribution in [3.8, 4) is 0 Å². The third-order valence-corrected chi connectivity index (χ3v) is 1.62. The highest BCUT2D eigenvalue weighted by Crippen LogP contribution is 2.10. The molecule has 1 rings (SSSR count). The van der Waals surface area contributed by atoms with Crippen LogP contribution < -0.4 is 5.32 Å². The van der Waals surface area contributed by atoms with Crippen molar-refractivity contribution in [1.29, 1.82) is 0 Å². The van der Waals surface area contributed by atoms with E-state index in [2.05, 4.69) is 11.9 Å². The van der Waals surface area contributed by atoms with Crippen molar-refractivity contribution in [2.24, 2.45) is 0 Å². The molecule has 0 unspecified atom stereocenters. The number of carbonyl (C=O) groups is 1. The number of hydrogen-bond donors (Lipinski definition) is 1. The van der Waals surface area contributed by atoms with Crippen LogP contribution in [0.3, 0.4) is 0 Å². The van der Waals surface area contributed by atoms with Crippen molar-refractivity contribution in [2.45, 2.75) is 6.92 Å². The van der Waals surface area contributed by atoms with Gasteiger partial charge in [-0.2, -0.15) is 0 Å². The van der Waals surface area contributed by atoms with Gasteiger partial charge < -0.3 is 5.32 Å². The van der Waals surface area contributed by atoms with E-state index in [-0.39, 0.29) is 5.91 Å². The van der Waals surface area contributed by atoms with E-state index in [1.54, 1.807) is 18.2 Å². The van der Waals surface area contributed by atoms with Gasteiger partial charge in [0.05, 0.1) is 0 Å². The summed E-state index contributed by atoms with van der Waals surface area (Å²) in [5.41, 5.74) is 1.86. The van der Waals surface area contributed by atoms with Crippen LogP contribution in [0.5, 0.6) is 0 Å². The van der Waals surface area contributed by atoms with Crippen molar-refractivity contribution >= 4 is 5.91 Å². The molecule has 1 amide bonds. The fraction of sp³-hybridized carbons (Fsp3) is 0.222. The summed E-state index contributed by atoms with van der Waals surface area (Å²) in [4.78, 5) is 11.0. The minimum Gasteiger partial charge on any atom is -0.348 e. The number of nitrogens with one attached hydrogen (secondary N) is 1. The van der Waals surface area contributed by atoms with Gasteiger partial charge in [-0.3, -0.25) is 4.79 Å². The van der Waals surface area contributed by atoms with Crippen LogP contribution in [0.25, 0.3) is 0 Å². The first kappa shape index (κ1) is 7.79. The largest absolute Gasteiger partial charge is 0.348 e. The molecule has 0 fully saturated rings. The topological polar surface area (TPSA) is 29.1 Å². The summed E-state index contributed by atoms with van der Waals surface area (Å²) < 4.78 is 0. The molecule has 0 saturated carbocycles. The highest BCUT2D eigenvalue weighted by Gasteiger charge is 2.15. The van der Waals surface area contributed by atoms with Gasteiger partial charge in [-0.15, -0.1) is 0 Å². The average molecular weight is 149 g/mol. The van der Waals surface area contributed by atoms with E-state index in [0.29, 0.717) is 6.54 Å². The SMILES string of the molecule is C=C/C=C\C1=C(C)CNC1=O. The van der Waals surface area contributed by atoms with Crippen LogP contribution in [-0.2, 0) is 4.79 Å². The van der Waals surface area contributed by atoms with Gasteiger partial charge in [-0.25, -0.2) is 0 Å². The van der Waals surface area contributed by atoms with Gasteiger partial charge in [0.25, 0.3) is 5.91 Å². The number of allylic oxidation sites excluding steroid dienone is 2. The van der Waals surface area contributed by atoms with Gasteiger partial charge >= 0.3 is 0 Å². The molecule has 1 aliphatic heterocycles. The standard InChI is InChI=1S/C9H11NO/c1-3-4-5-8-7(2)6-10-9(8)11/h3-5H,1,6H2,2H3,(H,10,11)/b5-4-. The molecule has 0 saturated heterocycles. The maximum absolute atomic E-state index is 11.0. The van der Waals surface area contributed by atoms with Gasteiger partial charge in [0.15, 0.2) is 0 Å². The number of rotatable bonds is 2. The highest BCUT2D eigenvalue weighted by molar-refractivity contribution is 5.99. The van der Waals surface area contributed by atoms with Crippen LogP contribution in [0.2, 0.25) is 0 Å². The molecule has 2 nitrogen and oxygen atoms in total. The molecule has 0 aromatic rings. The Bertz CT molecular complexity index is 248. The maximum Gasteiger partial charge on any atom is 0.251 e. The van der Waals surface area contributed by atoms with Gasteiger partial charge in [-0.1, -0.05) is 18.7 Å². The lowest BCUT2D eigenvalue weighted by atomic mass is 10.1. The molecule has 1 heterocycles. The predicted octanol–water partition coefficient (Wildman–Crippen LogP) is 1.17. The molecular weight excluding hydrogens is 138 g/mol. The van der Waals surface area contributed by atoms with Gasteiger partial charge in [-0.05, 0) is 18.6 Å². The van der Waals surface area contributed by atoms with Gasteiger partial charge in [0.1, 0.15) is 0 Å². The van der Waals surface area contributed by atoms with Gasteiger partial charge in [0, 0.05) is 12.1 Å². The van der Waals surface area contributed by atoms with E-state index < -0.39 is 0 Å². The van der Waals surface area contributed by atoms with E-state index in [1.807, 2.05) is 6.92 Å². The number of carbonyl (C=O) groups excluding carboxylic acids is 1. The zero-order chi connectivity index (χ0) is 8.27. The summed E-state index contributed by atoms with van der Waals surface area (Å²) in [5.74, 6) is 0.0144. The van der Waals surface area contributed by atoms with Crippen LogP contribution >= 0.6 is 0 Å². The van der Waals surface area contributed by atoms with Crippen LogP contribution in [0, 0.1) is 0 Å². The van der Waals surface area contributed by atoms with Gasteiger partial charge in [0.2, 0.25) is 0 Å². The third kappa shape index (κ3) is 1.58. The summed E-state index contributed by atoms with van der Waals surface area (Å²) in [6.07, 6.45) is 5.21. The Kier molecular flexibility index (Phi) is 2.26. The smallest absolute Gasteiger partial charge is 0.251 e. The molecule has 11 heavy (non-hydrogen) atoms. The summed E-state index contributed by atoms with van der Waals surface area (Å²) in [6.45, 7) is 6.15. The Balaban J connectivity index is 2.83. The first-order chi connectivity index (χ1) is 5.25. The second-order valence-corrected chi connectivity index (χ2v) is 2.47. The summed E-state index contributed by atoms with van der Waals surface area (Å²) >= 11 is 0. The quantitative estimate of drug-likeness (QED) is 0.587. The molecule has 0 aromatic carbocycles. The molecule has 0 spiro atoms. The van der Waals surface area contributed by atoms with E-state index in [1.165, 1.54) is 0 Å². The average Bonchev–Trinajstić information content (AvgIpc) is 2.29. The number of hydrogen-bond acceptors (Lipinski definition) is 1. The third-order valence-electron chi connectivity index (χ3n) is 1.62. The number of amides is 1. The van der Waals surface area contributed by atoms with Crippen molar-refractivity contribution in [3.63, 3.8) is 0 Å². The lowest BCUT2D eigenvalue weighted by Gasteiger charge is -1.89.